The number of hydrogen-bond acceptors (Lipinski definition) is 3. The summed E-state index contributed by atoms with van der Waals surface area (Å²) in [5.74, 6) is 0.643. The first-order valence-electron chi connectivity index (χ1n) is 4.68. The minimum absolute atomic E-state index is 0.132. The van der Waals surface area contributed by atoms with Gasteiger partial charge in [0.15, 0.2) is 0 Å². The van der Waals surface area contributed by atoms with Gasteiger partial charge in [-0.15, -0.1) is 11.3 Å². The molecule has 2 unspecified atom stereocenters. The van der Waals surface area contributed by atoms with Crippen LogP contribution in [0.2, 0.25) is 0 Å². The normalized spacial score (nSPS) is 28.5. The highest BCUT2D eigenvalue weighted by atomic mass is 32.1. The molecule has 2 rings (SSSR count). The Morgan fingerprint density at radius 3 is 3.00 bits per heavy atom. The molecule has 0 aromatic carbocycles. The van der Waals surface area contributed by atoms with Crippen LogP contribution in [0.1, 0.15) is 25.0 Å². The van der Waals surface area contributed by atoms with Crippen LogP contribution in [-0.4, -0.2) is 12.6 Å². The molecule has 2 nitrogen and oxygen atoms in total. The van der Waals surface area contributed by atoms with Crippen LogP contribution in [0.5, 0.6) is 0 Å². The smallest absolute Gasteiger partial charge is 0.143 e. The van der Waals surface area contributed by atoms with Crippen LogP contribution in [0.4, 0.5) is 0 Å². The molecule has 1 saturated heterocycles. The summed E-state index contributed by atoms with van der Waals surface area (Å²) in [5, 5.41) is 5.57. The highest BCUT2D eigenvalue weighted by Gasteiger charge is 2.27. The summed E-state index contributed by atoms with van der Waals surface area (Å²) in [6, 6.07) is 4.69. The third-order valence-corrected chi connectivity index (χ3v) is 3.33. The van der Waals surface area contributed by atoms with Crippen LogP contribution in [0.3, 0.4) is 0 Å². The van der Waals surface area contributed by atoms with E-state index in [0.717, 1.165) is 6.61 Å². The second-order valence-electron chi connectivity index (χ2n) is 3.75. The fraction of sp³-hybridized carbons (Fsp3) is 0.600. The van der Waals surface area contributed by atoms with Crippen molar-refractivity contribution in [2.45, 2.75) is 26.1 Å². The van der Waals surface area contributed by atoms with E-state index in [1.165, 1.54) is 4.88 Å². The molecule has 0 aliphatic carbocycles. The van der Waals surface area contributed by atoms with Gasteiger partial charge in [0.25, 0.3) is 0 Å². The number of hydrogen-bond donors (Lipinski definition) is 1. The van der Waals surface area contributed by atoms with Gasteiger partial charge < -0.3 is 4.74 Å². The zero-order chi connectivity index (χ0) is 9.26. The molecule has 2 heterocycles. The lowest BCUT2D eigenvalue weighted by Gasteiger charge is -2.13. The van der Waals surface area contributed by atoms with Gasteiger partial charge in [-0.05, 0) is 17.4 Å². The monoisotopic (exact) mass is 197 g/mol. The molecule has 2 atom stereocenters. The predicted octanol–water partition coefficient (Wildman–Crippen LogP) is 2.39. The number of ether oxygens (including phenoxy) is 1. The van der Waals surface area contributed by atoms with Crippen molar-refractivity contribution < 1.29 is 4.74 Å². The van der Waals surface area contributed by atoms with Crippen molar-refractivity contribution >= 4 is 11.3 Å². The molecular formula is C10H15NOS. The van der Waals surface area contributed by atoms with Gasteiger partial charge >= 0.3 is 0 Å². The molecule has 0 bridgehead atoms. The zero-order valence-corrected chi connectivity index (χ0v) is 8.80. The molecule has 0 spiro atoms. The molecule has 13 heavy (non-hydrogen) atoms. The van der Waals surface area contributed by atoms with Crippen molar-refractivity contribution in [2.75, 3.05) is 6.61 Å². The van der Waals surface area contributed by atoms with Gasteiger partial charge in [-0.1, -0.05) is 19.9 Å². The molecule has 1 N–H and O–H groups in total. The van der Waals surface area contributed by atoms with Crippen molar-refractivity contribution in [1.29, 1.82) is 0 Å². The highest BCUT2D eigenvalue weighted by molar-refractivity contribution is 7.10. The summed E-state index contributed by atoms with van der Waals surface area (Å²) >= 11 is 1.75. The van der Waals surface area contributed by atoms with Crippen molar-refractivity contribution in [1.82, 2.24) is 5.32 Å². The minimum atomic E-state index is 0.132. The van der Waals surface area contributed by atoms with E-state index < -0.39 is 0 Å². The summed E-state index contributed by atoms with van der Waals surface area (Å²) in [6.45, 7) is 5.27. The third kappa shape index (κ3) is 1.93. The number of thiophene rings is 1. The molecule has 0 saturated carbocycles. The van der Waals surface area contributed by atoms with Crippen LogP contribution in [0.15, 0.2) is 17.5 Å². The first kappa shape index (κ1) is 9.19. The molecular weight excluding hydrogens is 182 g/mol. The van der Waals surface area contributed by atoms with Gasteiger partial charge in [0.2, 0.25) is 0 Å². The Bertz CT molecular complexity index is 258. The van der Waals surface area contributed by atoms with Gasteiger partial charge in [-0.3, -0.25) is 5.32 Å². The van der Waals surface area contributed by atoms with Crippen LogP contribution in [0, 0.1) is 5.92 Å². The quantitative estimate of drug-likeness (QED) is 0.786. The Kier molecular flexibility index (Phi) is 2.67. The summed E-state index contributed by atoms with van der Waals surface area (Å²) in [6.07, 6.45) is 0.132. The van der Waals surface area contributed by atoms with E-state index in [0.29, 0.717) is 12.0 Å². The lowest BCUT2D eigenvalue weighted by molar-refractivity contribution is 0.103. The molecule has 0 amide bonds. The molecule has 72 valence electrons. The Morgan fingerprint density at radius 2 is 2.46 bits per heavy atom. The summed E-state index contributed by atoms with van der Waals surface area (Å²) < 4.78 is 5.67. The van der Waals surface area contributed by atoms with Gasteiger partial charge in [0.05, 0.1) is 6.61 Å². The van der Waals surface area contributed by atoms with Crippen molar-refractivity contribution in [3.8, 4) is 0 Å². The molecule has 0 radical (unpaired) electrons. The van der Waals surface area contributed by atoms with Gasteiger partial charge in [-0.2, -0.15) is 0 Å². The maximum atomic E-state index is 5.67. The average molecular weight is 197 g/mol. The van der Waals surface area contributed by atoms with E-state index in [4.69, 9.17) is 4.74 Å². The van der Waals surface area contributed by atoms with Crippen molar-refractivity contribution in [2.24, 2.45) is 5.92 Å². The summed E-state index contributed by atoms with van der Waals surface area (Å²) in [5.41, 5.74) is 0. The van der Waals surface area contributed by atoms with E-state index in [-0.39, 0.29) is 6.23 Å². The average Bonchev–Trinajstić information content (AvgIpc) is 2.75. The Morgan fingerprint density at radius 1 is 1.62 bits per heavy atom. The Hall–Kier alpha value is -0.380. The first-order valence-corrected chi connectivity index (χ1v) is 5.56. The highest BCUT2D eigenvalue weighted by Crippen LogP contribution is 2.26. The minimum Gasteiger partial charge on any atom is -0.357 e. The fourth-order valence-corrected chi connectivity index (χ4v) is 2.21. The predicted molar refractivity (Wildman–Crippen MR) is 54.8 cm³/mol. The Labute approximate surface area is 82.9 Å². The largest absolute Gasteiger partial charge is 0.357 e. The van der Waals surface area contributed by atoms with Gasteiger partial charge in [0.1, 0.15) is 6.23 Å². The third-order valence-electron chi connectivity index (χ3n) is 2.41. The second-order valence-corrected chi connectivity index (χ2v) is 4.73. The lowest BCUT2D eigenvalue weighted by atomic mass is 10.1. The topological polar surface area (TPSA) is 21.3 Å². The molecule has 1 aromatic heterocycles. The number of rotatable bonds is 2. The first-order chi connectivity index (χ1) is 6.27. The van der Waals surface area contributed by atoms with E-state index in [1.54, 1.807) is 11.3 Å². The molecule has 1 aliphatic heterocycles. The standard InChI is InChI=1S/C10H15NOS/c1-7(2)8-6-12-10(11-8)9-4-3-5-13-9/h3-5,7-8,10-11H,6H2,1-2H3. The van der Waals surface area contributed by atoms with Crippen LogP contribution >= 0.6 is 11.3 Å². The maximum absolute atomic E-state index is 5.67. The molecule has 1 aliphatic rings. The van der Waals surface area contributed by atoms with Gasteiger partial charge in [0, 0.05) is 10.9 Å². The van der Waals surface area contributed by atoms with Crippen molar-refractivity contribution in [3.05, 3.63) is 22.4 Å². The number of nitrogens with one attached hydrogen (secondary N) is 1. The zero-order valence-electron chi connectivity index (χ0n) is 7.99. The summed E-state index contributed by atoms with van der Waals surface area (Å²) in [7, 11) is 0. The molecule has 1 fully saturated rings. The summed E-state index contributed by atoms with van der Waals surface area (Å²) in [4.78, 5) is 1.28. The fourth-order valence-electron chi connectivity index (χ4n) is 1.48. The molecule has 1 aromatic rings. The van der Waals surface area contributed by atoms with E-state index in [2.05, 4.69) is 36.7 Å². The van der Waals surface area contributed by atoms with Crippen molar-refractivity contribution in [3.63, 3.8) is 0 Å². The van der Waals surface area contributed by atoms with E-state index >= 15 is 0 Å². The van der Waals surface area contributed by atoms with E-state index in [9.17, 15) is 0 Å². The second kappa shape index (κ2) is 3.78. The Balaban J connectivity index is 1.99. The molecule has 3 heteroatoms. The van der Waals surface area contributed by atoms with Crippen LogP contribution in [0.25, 0.3) is 0 Å². The lowest BCUT2D eigenvalue weighted by Crippen LogP contribution is -2.30. The van der Waals surface area contributed by atoms with Gasteiger partial charge in [-0.25, -0.2) is 0 Å². The SMILES string of the molecule is CC(C)C1COC(c2cccs2)N1. The maximum Gasteiger partial charge on any atom is 0.143 e. The van der Waals surface area contributed by atoms with E-state index in [1.807, 2.05) is 0 Å². The van der Waals surface area contributed by atoms with Crippen LogP contribution < -0.4 is 5.32 Å². The van der Waals surface area contributed by atoms with Crippen LogP contribution in [-0.2, 0) is 4.74 Å².